The Bertz CT molecular complexity index is 1140. The number of carbonyl (C=O) groups is 1. The number of anilines is 1. The minimum Gasteiger partial charge on any atom is -0.436 e. The maximum Gasteiger partial charge on any atom is 0.387 e. The van der Waals surface area contributed by atoms with Gasteiger partial charge in [0.1, 0.15) is 5.75 Å². The number of halogens is 2. The highest BCUT2D eigenvalue weighted by atomic mass is 19.3. The van der Waals surface area contributed by atoms with Crippen LogP contribution < -0.4 is 10.1 Å². The van der Waals surface area contributed by atoms with E-state index >= 15 is 0 Å². The summed E-state index contributed by atoms with van der Waals surface area (Å²) < 4.78 is 34.7. The summed E-state index contributed by atoms with van der Waals surface area (Å²) in [5.74, 6) is 0.542. The Kier molecular flexibility index (Phi) is 5.52. The zero-order valence-corrected chi connectivity index (χ0v) is 15.6. The molecule has 0 saturated carbocycles. The molecular weight excluding hydrogens is 390 g/mol. The lowest BCUT2D eigenvalue weighted by molar-refractivity contribution is -0.0498. The van der Waals surface area contributed by atoms with Gasteiger partial charge in [0.15, 0.2) is 5.76 Å². The van der Waals surface area contributed by atoms with Crippen LogP contribution in [0.2, 0.25) is 0 Å². The smallest absolute Gasteiger partial charge is 0.387 e. The molecule has 1 heterocycles. The zero-order chi connectivity index (χ0) is 20.9. The van der Waals surface area contributed by atoms with E-state index in [2.05, 4.69) is 15.0 Å². The van der Waals surface area contributed by atoms with Crippen molar-refractivity contribution in [1.82, 2.24) is 4.98 Å². The van der Waals surface area contributed by atoms with Gasteiger partial charge in [-0.1, -0.05) is 42.5 Å². The van der Waals surface area contributed by atoms with Gasteiger partial charge in [-0.2, -0.15) is 8.78 Å². The molecule has 1 amide bonds. The molecule has 150 valence electrons. The third kappa shape index (κ3) is 4.35. The Labute approximate surface area is 171 Å². The average Bonchev–Trinajstić information content (AvgIpc) is 3.25. The third-order valence-electron chi connectivity index (χ3n) is 4.30. The van der Waals surface area contributed by atoms with Gasteiger partial charge in [0.25, 0.3) is 5.91 Å². The number of rotatable bonds is 6. The number of ether oxygens (including phenoxy) is 1. The van der Waals surface area contributed by atoms with Gasteiger partial charge in [-0.05, 0) is 36.4 Å². The Hall–Kier alpha value is -4.00. The molecule has 4 aromatic rings. The number of nitrogens with one attached hydrogen (secondary N) is 1. The average molecular weight is 406 g/mol. The molecule has 0 bridgehead atoms. The van der Waals surface area contributed by atoms with Crippen molar-refractivity contribution in [1.29, 1.82) is 0 Å². The summed E-state index contributed by atoms with van der Waals surface area (Å²) in [6.45, 7) is -2.90. The largest absolute Gasteiger partial charge is 0.436 e. The summed E-state index contributed by atoms with van der Waals surface area (Å²) in [5, 5.41) is 2.74. The molecule has 0 unspecified atom stereocenters. The second-order valence-corrected chi connectivity index (χ2v) is 6.30. The molecular formula is C23H16F2N2O3. The fraction of sp³-hybridized carbons (Fsp3) is 0.0435. The van der Waals surface area contributed by atoms with E-state index in [0.29, 0.717) is 28.5 Å². The van der Waals surface area contributed by atoms with Crippen molar-refractivity contribution in [3.05, 3.63) is 90.6 Å². The summed E-state index contributed by atoms with van der Waals surface area (Å²) in [6, 6.07) is 22.1. The second kappa shape index (κ2) is 8.57. The number of benzene rings is 3. The first-order chi connectivity index (χ1) is 14.6. The zero-order valence-electron chi connectivity index (χ0n) is 15.6. The monoisotopic (exact) mass is 406 g/mol. The van der Waals surface area contributed by atoms with Crippen molar-refractivity contribution in [3.63, 3.8) is 0 Å². The molecule has 1 N–H and O–H groups in total. The van der Waals surface area contributed by atoms with E-state index in [1.165, 1.54) is 24.3 Å². The molecule has 0 aliphatic heterocycles. The van der Waals surface area contributed by atoms with Crippen LogP contribution in [0.1, 0.15) is 10.4 Å². The number of carbonyl (C=O) groups excluding carboxylic acids is 1. The predicted octanol–water partition coefficient (Wildman–Crippen LogP) is 5.86. The first-order valence-electron chi connectivity index (χ1n) is 9.07. The summed E-state index contributed by atoms with van der Waals surface area (Å²) in [7, 11) is 0. The van der Waals surface area contributed by atoms with Crippen molar-refractivity contribution in [2.24, 2.45) is 0 Å². The van der Waals surface area contributed by atoms with Gasteiger partial charge in [-0.25, -0.2) is 4.98 Å². The van der Waals surface area contributed by atoms with Gasteiger partial charge >= 0.3 is 6.61 Å². The lowest BCUT2D eigenvalue weighted by atomic mass is 10.1. The summed E-state index contributed by atoms with van der Waals surface area (Å²) in [4.78, 5) is 17.1. The van der Waals surface area contributed by atoms with E-state index < -0.39 is 6.61 Å². The molecule has 0 spiro atoms. The molecule has 30 heavy (non-hydrogen) atoms. The van der Waals surface area contributed by atoms with Crippen LogP contribution in [0.25, 0.3) is 22.8 Å². The van der Waals surface area contributed by atoms with E-state index in [9.17, 15) is 13.6 Å². The molecule has 5 nitrogen and oxygen atoms in total. The molecule has 0 atom stereocenters. The van der Waals surface area contributed by atoms with E-state index in [-0.39, 0.29) is 11.7 Å². The van der Waals surface area contributed by atoms with Crippen LogP contribution in [-0.2, 0) is 0 Å². The number of hydrogen-bond donors (Lipinski definition) is 1. The molecule has 0 aliphatic rings. The van der Waals surface area contributed by atoms with E-state index in [0.717, 1.165) is 5.56 Å². The quantitative estimate of drug-likeness (QED) is 0.435. The molecule has 1 aromatic heterocycles. The minimum absolute atomic E-state index is 0.0108. The minimum atomic E-state index is -2.90. The lowest BCUT2D eigenvalue weighted by Gasteiger charge is -2.09. The van der Waals surface area contributed by atoms with Crippen molar-refractivity contribution < 1.29 is 22.7 Å². The maximum absolute atomic E-state index is 12.8. The Morgan fingerprint density at radius 3 is 2.37 bits per heavy atom. The van der Waals surface area contributed by atoms with Crippen LogP contribution in [0, 0.1) is 0 Å². The highest BCUT2D eigenvalue weighted by Gasteiger charge is 2.17. The van der Waals surface area contributed by atoms with Gasteiger partial charge in [0.2, 0.25) is 5.89 Å². The molecule has 0 fully saturated rings. The van der Waals surface area contributed by atoms with Crippen molar-refractivity contribution in [3.8, 4) is 28.5 Å². The number of oxazole rings is 1. The molecule has 0 saturated heterocycles. The topological polar surface area (TPSA) is 64.4 Å². The van der Waals surface area contributed by atoms with Gasteiger partial charge < -0.3 is 14.5 Å². The Morgan fingerprint density at radius 1 is 0.933 bits per heavy atom. The Morgan fingerprint density at radius 2 is 1.63 bits per heavy atom. The van der Waals surface area contributed by atoms with Crippen LogP contribution in [0.4, 0.5) is 14.5 Å². The summed E-state index contributed by atoms with van der Waals surface area (Å²) >= 11 is 0. The van der Waals surface area contributed by atoms with E-state index in [1.807, 2.05) is 30.3 Å². The van der Waals surface area contributed by atoms with Crippen LogP contribution in [0.5, 0.6) is 5.75 Å². The SMILES string of the molecule is O=C(Nc1ccc(OC(F)F)cc1)c1ccccc1-c1ncc(-c2ccccc2)o1. The predicted molar refractivity (Wildman–Crippen MR) is 108 cm³/mol. The first-order valence-corrected chi connectivity index (χ1v) is 9.07. The first kappa shape index (κ1) is 19.3. The van der Waals surface area contributed by atoms with E-state index in [1.54, 1.807) is 30.5 Å². The molecule has 7 heteroatoms. The standard InChI is InChI=1S/C23H16F2N2O3/c24-23(25)29-17-12-10-16(11-13-17)27-21(28)18-8-4-5-9-19(18)22-26-14-20(30-22)15-6-2-1-3-7-15/h1-14,23H,(H,27,28). The van der Waals surface area contributed by atoms with Crippen LogP contribution in [0.3, 0.4) is 0 Å². The van der Waals surface area contributed by atoms with Crippen LogP contribution >= 0.6 is 0 Å². The molecule has 4 rings (SSSR count). The van der Waals surface area contributed by atoms with Crippen LogP contribution in [-0.4, -0.2) is 17.5 Å². The summed E-state index contributed by atoms with van der Waals surface area (Å²) in [5.41, 5.74) is 2.22. The fourth-order valence-corrected chi connectivity index (χ4v) is 2.92. The van der Waals surface area contributed by atoms with Gasteiger partial charge in [-0.15, -0.1) is 0 Å². The normalized spacial score (nSPS) is 10.8. The number of aromatic nitrogens is 1. The number of alkyl halides is 2. The summed E-state index contributed by atoms with van der Waals surface area (Å²) in [6.07, 6.45) is 1.61. The molecule has 0 aliphatic carbocycles. The van der Waals surface area contributed by atoms with Gasteiger partial charge in [0.05, 0.1) is 11.8 Å². The van der Waals surface area contributed by atoms with Crippen molar-refractivity contribution >= 4 is 11.6 Å². The van der Waals surface area contributed by atoms with Crippen molar-refractivity contribution in [2.45, 2.75) is 6.61 Å². The number of nitrogens with zero attached hydrogens (tertiary/aromatic N) is 1. The van der Waals surface area contributed by atoms with Crippen LogP contribution in [0.15, 0.2) is 89.5 Å². The van der Waals surface area contributed by atoms with E-state index in [4.69, 9.17) is 4.42 Å². The molecule has 0 radical (unpaired) electrons. The Balaban J connectivity index is 1.56. The second-order valence-electron chi connectivity index (χ2n) is 6.30. The van der Waals surface area contributed by atoms with Crippen molar-refractivity contribution in [2.75, 3.05) is 5.32 Å². The highest BCUT2D eigenvalue weighted by Crippen LogP contribution is 2.28. The molecule has 3 aromatic carbocycles. The third-order valence-corrected chi connectivity index (χ3v) is 4.30. The highest BCUT2D eigenvalue weighted by molar-refractivity contribution is 6.08. The maximum atomic E-state index is 12.8. The van der Waals surface area contributed by atoms with Gasteiger partial charge in [0, 0.05) is 16.8 Å². The number of hydrogen-bond acceptors (Lipinski definition) is 4. The van der Waals surface area contributed by atoms with Gasteiger partial charge in [-0.3, -0.25) is 4.79 Å². The lowest BCUT2D eigenvalue weighted by Crippen LogP contribution is -2.13. The number of amides is 1. The fourth-order valence-electron chi connectivity index (χ4n) is 2.92.